The summed E-state index contributed by atoms with van der Waals surface area (Å²) in [5.74, 6) is 0.506. The highest BCUT2D eigenvalue weighted by atomic mass is 16.2. The second-order valence-corrected chi connectivity index (χ2v) is 9.42. The summed E-state index contributed by atoms with van der Waals surface area (Å²) in [5, 5.41) is 0. The number of pyridine rings is 1. The summed E-state index contributed by atoms with van der Waals surface area (Å²) in [6, 6.07) is 18.9. The Balaban J connectivity index is 1.57. The van der Waals surface area contributed by atoms with Crippen LogP contribution in [0.15, 0.2) is 67.0 Å². The number of benzene rings is 2. The minimum Gasteiger partial charge on any atom is -0.307 e. The Morgan fingerprint density at radius 3 is 2.52 bits per heavy atom. The molecule has 0 N–H and O–H groups in total. The third-order valence-electron chi connectivity index (χ3n) is 7.16. The molecule has 4 heteroatoms. The third kappa shape index (κ3) is 4.20. The van der Waals surface area contributed by atoms with Crippen molar-refractivity contribution in [1.29, 1.82) is 0 Å². The molecule has 1 aromatic heterocycles. The fourth-order valence-electron chi connectivity index (χ4n) is 5.79. The molecular formula is C29H33N3O. The van der Waals surface area contributed by atoms with Gasteiger partial charge in [-0.3, -0.25) is 9.78 Å². The smallest absolute Gasteiger partial charge is 0.258 e. The molecule has 0 bridgehead atoms. The number of hydrogen-bond donors (Lipinski definition) is 0. The molecule has 5 rings (SSSR count). The molecule has 2 atom stereocenters. The van der Waals surface area contributed by atoms with Crippen molar-refractivity contribution in [3.05, 3.63) is 83.7 Å². The Bertz CT molecular complexity index is 1110. The maximum atomic E-state index is 13.6. The summed E-state index contributed by atoms with van der Waals surface area (Å²) in [6.45, 7) is 7.60. The van der Waals surface area contributed by atoms with Crippen molar-refractivity contribution in [3.63, 3.8) is 0 Å². The van der Waals surface area contributed by atoms with Crippen LogP contribution >= 0.6 is 0 Å². The molecule has 0 fully saturated rings. The minimum absolute atomic E-state index is 0.103. The molecule has 0 saturated heterocycles. The van der Waals surface area contributed by atoms with Gasteiger partial charge in [0.25, 0.3) is 5.91 Å². The van der Waals surface area contributed by atoms with Crippen molar-refractivity contribution in [2.75, 3.05) is 24.5 Å². The predicted molar refractivity (Wildman–Crippen MR) is 135 cm³/mol. The van der Waals surface area contributed by atoms with Gasteiger partial charge < -0.3 is 9.80 Å². The monoisotopic (exact) mass is 439 g/mol. The van der Waals surface area contributed by atoms with Gasteiger partial charge in [-0.1, -0.05) is 44.2 Å². The van der Waals surface area contributed by atoms with E-state index in [1.165, 1.54) is 24.0 Å². The van der Waals surface area contributed by atoms with Gasteiger partial charge in [0.15, 0.2) is 0 Å². The van der Waals surface area contributed by atoms with Crippen LogP contribution in [-0.2, 0) is 6.42 Å². The normalized spacial score (nSPS) is 19.1. The summed E-state index contributed by atoms with van der Waals surface area (Å²) >= 11 is 0. The Kier molecular flexibility index (Phi) is 6.28. The number of carbonyl (C=O) groups is 1. The van der Waals surface area contributed by atoms with E-state index in [2.05, 4.69) is 41.9 Å². The molecule has 0 unspecified atom stereocenters. The summed E-state index contributed by atoms with van der Waals surface area (Å²) in [7, 11) is 0. The van der Waals surface area contributed by atoms with E-state index in [9.17, 15) is 4.79 Å². The molecule has 0 radical (unpaired) electrons. The number of nitrogens with zero attached hydrogens (tertiary/aromatic N) is 3. The lowest BCUT2D eigenvalue weighted by Crippen LogP contribution is -2.41. The van der Waals surface area contributed by atoms with Crippen LogP contribution in [0.25, 0.3) is 11.1 Å². The predicted octanol–water partition coefficient (Wildman–Crippen LogP) is 5.93. The van der Waals surface area contributed by atoms with Gasteiger partial charge in [0, 0.05) is 47.7 Å². The Labute approximate surface area is 197 Å². The zero-order valence-corrected chi connectivity index (χ0v) is 19.7. The number of amides is 1. The molecule has 3 aromatic rings. The topological polar surface area (TPSA) is 36.4 Å². The van der Waals surface area contributed by atoms with Gasteiger partial charge in [0.05, 0.1) is 0 Å². The Morgan fingerprint density at radius 1 is 1.03 bits per heavy atom. The number of hydrogen-bond acceptors (Lipinski definition) is 3. The van der Waals surface area contributed by atoms with Gasteiger partial charge in [-0.2, -0.15) is 0 Å². The van der Waals surface area contributed by atoms with Gasteiger partial charge >= 0.3 is 0 Å². The highest BCUT2D eigenvalue weighted by Gasteiger charge is 2.40. The van der Waals surface area contributed by atoms with E-state index in [-0.39, 0.29) is 5.91 Å². The van der Waals surface area contributed by atoms with Crippen LogP contribution in [0.5, 0.6) is 0 Å². The van der Waals surface area contributed by atoms with Gasteiger partial charge in [-0.15, -0.1) is 0 Å². The standard InChI is InChI=1S/C29H33N3O/c1-3-13-31(14-4-2)26-16-24-15-23(22-11-8-12-30-19-22)18-27-28(24)25(17-26)20-32(27)29(33)21-9-6-5-7-10-21/h5-12,15,18-19,25-26H,3-4,13-14,16-17,20H2,1-2H3/t25-,26+/m0/s1. The lowest BCUT2D eigenvalue weighted by atomic mass is 9.79. The lowest BCUT2D eigenvalue weighted by molar-refractivity contribution is 0.0986. The van der Waals surface area contributed by atoms with Crippen molar-refractivity contribution in [2.45, 2.75) is 51.5 Å². The lowest BCUT2D eigenvalue weighted by Gasteiger charge is -2.37. The Hall–Kier alpha value is -2.98. The number of carbonyl (C=O) groups excluding carboxylic acids is 1. The van der Waals surface area contributed by atoms with Crippen LogP contribution in [-0.4, -0.2) is 41.5 Å². The molecule has 0 spiro atoms. The van der Waals surface area contributed by atoms with Crippen LogP contribution in [0.2, 0.25) is 0 Å². The maximum absolute atomic E-state index is 13.6. The molecule has 0 saturated carbocycles. The highest BCUT2D eigenvalue weighted by molar-refractivity contribution is 6.08. The largest absolute Gasteiger partial charge is 0.307 e. The van der Waals surface area contributed by atoms with Crippen molar-refractivity contribution in [2.24, 2.45) is 0 Å². The molecule has 2 heterocycles. The van der Waals surface area contributed by atoms with E-state index in [1.54, 1.807) is 0 Å². The molecule has 170 valence electrons. The summed E-state index contributed by atoms with van der Waals surface area (Å²) in [4.78, 5) is 22.6. The van der Waals surface area contributed by atoms with Gasteiger partial charge in [0.1, 0.15) is 0 Å². The molecule has 2 aliphatic rings. The van der Waals surface area contributed by atoms with E-state index in [1.807, 2.05) is 53.7 Å². The van der Waals surface area contributed by atoms with Crippen molar-refractivity contribution in [3.8, 4) is 11.1 Å². The van der Waals surface area contributed by atoms with Crippen LogP contribution in [0, 0.1) is 0 Å². The zero-order valence-electron chi connectivity index (χ0n) is 19.7. The summed E-state index contributed by atoms with van der Waals surface area (Å²) in [6.07, 6.45) is 8.27. The number of rotatable bonds is 7. The molecule has 33 heavy (non-hydrogen) atoms. The first kappa shape index (κ1) is 21.8. The quantitative estimate of drug-likeness (QED) is 0.458. The van der Waals surface area contributed by atoms with E-state index < -0.39 is 0 Å². The second kappa shape index (κ2) is 9.48. The average Bonchev–Trinajstić information content (AvgIpc) is 3.23. The summed E-state index contributed by atoms with van der Waals surface area (Å²) < 4.78 is 0. The first-order valence-electron chi connectivity index (χ1n) is 12.4. The minimum atomic E-state index is 0.103. The van der Waals surface area contributed by atoms with E-state index >= 15 is 0 Å². The maximum Gasteiger partial charge on any atom is 0.258 e. The highest BCUT2D eigenvalue weighted by Crippen LogP contribution is 2.48. The van der Waals surface area contributed by atoms with Gasteiger partial charge in [-0.05, 0) is 79.7 Å². The second-order valence-electron chi connectivity index (χ2n) is 9.42. The van der Waals surface area contributed by atoms with E-state index in [0.717, 1.165) is 54.9 Å². The van der Waals surface area contributed by atoms with Gasteiger partial charge in [0.2, 0.25) is 0 Å². The fourth-order valence-corrected chi connectivity index (χ4v) is 5.79. The van der Waals surface area contributed by atoms with Crippen LogP contribution in [0.1, 0.15) is 60.5 Å². The summed E-state index contributed by atoms with van der Waals surface area (Å²) in [5.41, 5.74) is 6.92. The average molecular weight is 440 g/mol. The molecule has 2 aromatic carbocycles. The fraction of sp³-hybridized carbons (Fsp3) is 0.379. The first-order chi connectivity index (χ1) is 16.2. The van der Waals surface area contributed by atoms with E-state index in [0.29, 0.717) is 12.0 Å². The molecule has 1 aliphatic heterocycles. The van der Waals surface area contributed by atoms with Crippen molar-refractivity contribution < 1.29 is 4.79 Å². The SMILES string of the molecule is CCCN(CCC)[C@@H]1Cc2cc(-c3cccnc3)cc3c2[C@@H](C1)CN3C(=O)c1ccccc1. The van der Waals surface area contributed by atoms with Crippen LogP contribution in [0.4, 0.5) is 5.69 Å². The van der Waals surface area contributed by atoms with Gasteiger partial charge in [-0.25, -0.2) is 0 Å². The Morgan fingerprint density at radius 2 is 1.82 bits per heavy atom. The van der Waals surface area contributed by atoms with Crippen molar-refractivity contribution in [1.82, 2.24) is 9.88 Å². The molecule has 1 amide bonds. The van der Waals surface area contributed by atoms with Crippen molar-refractivity contribution >= 4 is 11.6 Å². The first-order valence-corrected chi connectivity index (χ1v) is 12.4. The van der Waals surface area contributed by atoms with Crippen LogP contribution in [0.3, 0.4) is 0 Å². The molecular weight excluding hydrogens is 406 g/mol. The molecule has 1 aliphatic carbocycles. The number of aromatic nitrogens is 1. The zero-order chi connectivity index (χ0) is 22.8. The number of anilines is 1. The third-order valence-corrected chi connectivity index (χ3v) is 7.16. The van der Waals surface area contributed by atoms with Crippen LogP contribution < -0.4 is 4.90 Å². The van der Waals surface area contributed by atoms with E-state index in [4.69, 9.17) is 0 Å². The molecule has 4 nitrogen and oxygen atoms in total.